The first-order chi connectivity index (χ1) is 17.3. The van der Waals surface area contributed by atoms with Crippen LogP contribution in [0.3, 0.4) is 0 Å². The summed E-state index contributed by atoms with van der Waals surface area (Å²) in [5, 5.41) is 11.5. The average Bonchev–Trinajstić information content (AvgIpc) is 3.41. The molecule has 1 atom stereocenters. The maximum Gasteiger partial charge on any atom is 0.301 e. The van der Waals surface area contributed by atoms with Crippen molar-refractivity contribution in [1.29, 1.82) is 0 Å². The van der Waals surface area contributed by atoms with E-state index in [1.54, 1.807) is 42.5 Å². The van der Waals surface area contributed by atoms with Gasteiger partial charge in [0.2, 0.25) is 0 Å². The summed E-state index contributed by atoms with van der Waals surface area (Å²) >= 11 is 1.07. The topological polar surface area (TPSA) is 89.0 Å². The molecule has 36 heavy (non-hydrogen) atoms. The van der Waals surface area contributed by atoms with Crippen LogP contribution in [0.5, 0.6) is 11.5 Å². The lowest BCUT2D eigenvalue weighted by Crippen LogP contribution is -2.29. The highest BCUT2D eigenvalue weighted by Gasteiger charge is 2.49. The Balaban J connectivity index is 1.78. The van der Waals surface area contributed by atoms with E-state index in [0.29, 0.717) is 32.8 Å². The van der Waals surface area contributed by atoms with Gasteiger partial charge in [-0.25, -0.2) is 9.37 Å². The number of aryl methyl sites for hydroxylation is 1. The highest BCUT2D eigenvalue weighted by Crippen LogP contribution is 2.47. The van der Waals surface area contributed by atoms with Crippen LogP contribution in [0.25, 0.3) is 16.0 Å². The molecule has 0 aliphatic carbocycles. The highest BCUT2D eigenvalue weighted by molar-refractivity contribution is 7.22. The number of anilines is 1. The molecule has 9 heteroatoms. The van der Waals surface area contributed by atoms with Crippen LogP contribution in [-0.4, -0.2) is 36.0 Å². The predicted octanol–water partition coefficient (Wildman–Crippen LogP) is 5.39. The van der Waals surface area contributed by atoms with Gasteiger partial charge < -0.3 is 14.6 Å². The zero-order valence-electron chi connectivity index (χ0n) is 19.6. The first kappa shape index (κ1) is 23.5. The van der Waals surface area contributed by atoms with Crippen LogP contribution in [0.15, 0.2) is 66.2 Å². The van der Waals surface area contributed by atoms with Crippen LogP contribution in [0.1, 0.15) is 22.7 Å². The number of hydrogen-bond donors (Lipinski definition) is 1. The highest BCUT2D eigenvalue weighted by atomic mass is 32.1. The fraction of sp³-hybridized carbons (Fsp3) is 0.148. The van der Waals surface area contributed by atoms with Gasteiger partial charge in [0.15, 0.2) is 5.13 Å². The number of thiazole rings is 1. The molecule has 7 nitrogen and oxygen atoms in total. The summed E-state index contributed by atoms with van der Waals surface area (Å²) in [6, 6.07) is 15.0. The van der Waals surface area contributed by atoms with Crippen LogP contribution in [0.4, 0.5) is 9.52 Å². The van der Waals surface area contributed by atoms with Crippen molar-refractivity contribution in [2.24, 2.45) is 0 Å². The summed E-state index contributed by atoms with van der Waals surface area (Å²) in [6.45, 7) is 1.90. The number of nitrogens with zero attached hydrogens (tertiary/aromatic N) is 2. The van der Waals surface area contributed by atoms with E-state index in [2.05, 4.69) is 4.98 Å². The van der Waals surface area contributed by atoms with Gasteiger partial charge >= 0.3 is 5.91 Å². The van der Waals surface area contributed by atoms with E-state index in [4.69, 9.17) is 9.47 Å². The maximum absolute atomic E-state index is 13.8. The zero-order chi connectivity index (χ0) is 25.6. The number of carbonyl (C=O) groups is 2. The van der Waals surface area contributed by atoms with Crippen molar-refractivity contribution in [2.75, 3.05) is 19.1 Å². The minimum absolute atomic E-state index is 0.110. The number of halogens is 1. The molecule has 2 heterocycles. The minimum Gasteiger partial charge on any atom is -0.507 e. The monoisotopic (exact) mass is 504 g/mol. The quantitative estimate of drug-likeness (QED) is 0.223. The molecule has 1 aromatic heterocycles. The lowest BCUT2D eigenvalue weighted by Gasteiger charge is -2.25. The number of amides is 1. The Morgan fingerprint density at radius 3 is 2.47 bits per heavy atom. The van der Waals surface area contributed by atoms with Crippen molar-refractivity contribution in [1.82, 2.24) is 4.98 Å². The van der Waals surface area contributed by atoms with Crippen LogP contribution in [0.2, 0.25) is 0 Å². The number of aliphatic hydroxyl groups is 1. The Bertz CT molecular complexity index is 1540. The third-order valence-corrected chi connectivity index (χ3v) is 7.06. The fourth-order valence-electron chi connectivity index (χ4n) is 4.23. The Hall–Kier alpha value is -4.24. The SMILES string of the molecule is COc1ccc(OC)c(C2C(=C(O)c3ccc(C)cc3)C(=O)C(=O)N2c2nc3ccc(F)cc3s2)c1. The number of ether oxygens (including phenoxy) is 2. The van der Waals surface area contributed by atoms with E-state index >= 15 is 0 Å². The van der Waals surface area contributed by atoms with Crippen molar-refractivity contribution in [3.05, 3.63) is 88.7 Å². The molecule has 0 bridgehead atoms. The van der Waals surface area contributed by atoms with Gasteiger partial charge in [0, 0.05) is 11.1 Å². The number of aromatic nitrogens is 1. The second kappa shape index (κ2) is 9.09. The molecule has 1 saturated heterocycles. The third-order valence-electron chi connectivity index (χ3n) is 6.05. The number of rotatable bonds is 5. The second-order valence-electron chi connectivity index (χ2n) is 8.25. The van der Waals surface area contributed by atoms with Crippen molar-refractivity contribution in [2.45, 2.75) is 13.0 Å². The van der Waals surface area contributed by atoms with E-state index < -0.39 is 23.5 Å². The summed E-state index contributed by atoms with van der Waals surface area (Å²) in [4.78, 5) is 32.6. The van der Waals surface area contributed by atoms with E-state index in [0.717, 1.165) is 16.9 Å². The molecule has 182 valence electrons. The van der Waals surface area contributed by atoms with E-state index in [1.807, 2.05) is 6.92 Å². The van der Waals surface area contributed by atoms with Gasteiger partial charge in [0.25, 0.3) is 5.78 Å². The lowest BCUT2D eigenvalue weighted by atomic mass is 9.94. The molecule has 1 amide bonds. The summed E-state index contributed by atoms with van der Waals surface area (Å²) in [6.07, 6.45) is 0. The standard InChI is InChI=1S/C27H21FN2O5S/c1-14-4-6-15(7-5-14)24(31)22-23(18-13-17(34-2)9-11-20(18)35-3)30(26(33)25(22)32)27-29-19-10-8-16(28)12-21(19)36-27/h4-13,23,31H,1-3H3. The van der Waals surface area contributed by atoms with E-state index in [-0.39, 0.29) is 16.5 Å². The zero-order valence-corrected chi connectivity index (χ0v) is 20.4. The van der Waals surface area contributed by atoms with Gasteiger partial charge in [0.05, 0.1) is 30.0 Å². The number of methoxy groups -OCH3 is 2. The van der Waals surface area contributed by atoms with Gasteiger partial charge in [-0.1, -0.05) is 41.2 Å². The predicted molar refractivity (Wildman–Crippen MR) is 135 cm³/mol. The van der Waals surface area contributed by atoms with Gasteiger partial charge in [-0.15, -0.1) is 0 Å². The van der Waals surface area contributed by atoms with Gasteiger partial charge in [0.1, 0.15) is 29.1 Å². The van der Waals surface area contributed by atoms with Crippen LogP contribution < -0.4 is 14.4 Å². The van der Waals surface area contributed by atoms with Gasteiger partial charge in [-0.2, -0.15) is 0 Å². The molecule has 1 fully saturated rings. The third kappa shape index (κ3) is 3.87. The lowest BCUT2D eigenvalue weighted by molar-refractivity contribution is -0.132. The largest absolute Gasteiger partial charge is 0.507 e. The maximum atomic E-state index is 13.8. The molecular formula is C27H21FN2O5S. The Morgan fingerprint density at radius 2 is 1.78 bits per heavy atom. The molecule has 0 radical (unpaired) electrons. The molecule has 1 unspecified atom stereocenters. The Kier molecular flexibility index (Phi) is 5.93. The molecule has 1 N–H and O–H groups in total. The number of benzene rings is 3. The first-order valence-corrected chi connectivity index (χ1v) is 11.8. The minimum atomic E-state index is -1.07. The number of ketones is 1. The van der Waals surface area contributed by atoms with Crippen LogP contribution in [-0.2, 0) is 9.59 Å². The first-order valence-electron chi connectivity index (χ1n) is 11.0. The second-order valence-corrected chi connectivity index (χ2v) is 9.26. The van der Waals surface area contributed by atoms with E-state index in [9.17, 15) is 19.1 Å². The number of Topliss-reactive ketones (excluding diaryl/α,β-unsaturated/α-hetero) is 1. The molecule has 1 aliphatic rings. The summed E-state index contributed by atoms with van der Waals surface area (Å²) < 4.78 is 25.3. The molecular weight excluding hydrogens is 483 g/mol. The number of carbonyl (C=O) groups excluding carboxylic acids is 2. The molecule has 5 rings (SSSR count). The summed E-state index contributed by atoms with van der Waals surface area (Å²) in [7, 11) is 2.97. The van der Waals surface area contributed by atoms with Crippen molar-refractivity contribution < 1.29 is 28.6 Å². The smallest absolute Gasteiger partial charge is 0.301 e. The number of aliphatic hydroxyl groups excluding tert-OH is 1. The molecule has 1 aliphatic heterocycles. The Labute approximate surface area is 210 Å². The molecule has 0 saturated carbocycles. The van der Waals surface area contributed by atoms with Crippen LogP contribution in [0, 0.1) is 12.7 Å². The average molecular weight is 505 g/mol. The number of fused-ring (bicyclic) bond motifs is 1. The van der Waals surface area contributed by atoms with E-state index in [1.165, 1.54) is 37.3 Å². The summed E-state index contributed by atoms with van der Waals surface area (Å²) in [5.74, 6) is -1.64. The molecule has 4 aromatic rings. The van der Waals surface area contributed by atoms with Gasteiger partial charge in [-0.3, -0.25) is 14.5 Å². The van der Waals surface area contributed by atoms with Crippen molar-refractivity contribution in [3.8, 4) is 11.5 Å². The van der Waals surface area contributed by atoms with Gasteiger partial charge in [-0.05, 0) is 43.3 Å². The van der Waals surface area contributed by atoms with Crippen molar-refractivity contribution in [3.63, 3.8) is 0 Å². The molecule has 0 spiro atoms. The van der Waals surface area contributed by atoms with Crippen molar-refractivity contribution >= 4 is 44.1 Å². The fourth-order valence-corrected chi connectivity index (χ4v) is 5.25. The Morgan fingerprint density at radius 1 is 1.03 bits per heavy atom. The normalized spacial score (nSPS) is 17.1. The number of hydrogen-bond acceptors (Lipinski definition) is 7. The van der Waals surface area contributed by atoms with Crippen LogP contribution >= 0.6 is 11.3 Å². The molecule has 3 aromatic carbocycles. The summed E-state index contributed by atoms with van der Waals surface area (Å²) in [5.41, 5.74) is 2.15.